The van der Waals surface area contributed by atoms with E-state index in [1.165, 1.54) is 18.3 Å². The van der Waals surface area contributed by atoms with Gasteiger partial charge in [-0.1, -0.05) is 0 Å². The van der Waals surface area contributed by atoms with Gasteiger partial charge in [-0.05, 0) is 31.7 Å². The SMILES string of the molecule is NC1CCC(n2c(=O)ccc3ncc(F)cc32)CC1. The lowest BCUT2D eigenvalue weighted by Gasteiger charge is -2.28. The number of fused-ring (bicyclic) bond motifs is 1. The van der Waals surface area contributed by atoms with Crippen molar-refractivity contribution in [3.63, 3.8) is 0 Å². The highest BCUT2D eigenvalue weighted by atomic mass is 19.1. The largest absolute Gasteiger partial charge is 0.328 e. The molecular weight excluding hydrogens is 245 g/mol. The molecule has 1 aliphatic carbocycles. The molecule has 0 amide bonds. The highest BCUT2D eigenvalue weighted by Crippen LogP contribution is 2.28. The first-order valence-electron chi connectivity index (χ1n) is 6.57. The lowest BCUT2D eigenvalue weighted by molar-refractivity contribution is 0.324. The Kier molecular flexibility index (Phi) is 3.06. The first-order valence-corrected chi connectivity index (χ1v) is 6.57. The predicted octanol–water partition coefficient (Wildman–Crippen LogP) is 1.98. The number of pyridine rings is 2. The summed E-state index contributed by atoms with van der Waals surface area (Å²) in [4.78, 5) is 16.1. The van der Waals surface area contributed by atoms with Crippen molar-refractivity contribution in [3.05, 3.63) is 40.6 Å². The van der Waals surface area contributed by atoms with E-state index < -0.39 is 5.82 Å². The number of halogens is 1. The Balaban J connectivity index is 2.13. The van der Waals surface area contributed by atoms with E-state index in [1.54, 1.807) is 10.6 Å². The maximum atomic E-state index is 13.4. The summed E-state index contributed by atoms with van der Waals surface area (Å²) in [6.45, 7) is 0. The number of nitrogens with two attached hydrogens (primary N) is 1. The van der Waals surface area contributed by atoms with Gasteiger partial charge < -0.3 is 10.3 Å². The van der Waals surface area contributed by atoms with Gasteiger partial charge in [0.05, 0.1) is 17.2 Å². The first-order chi connectivity index (χ1) is 9.15. The fourth-order valence-corrected chi connectivity index (χ4v) is 2.85. The molecule has 3 rings (SSSR count). The molecule has 1 aliphatic rings. The summed E-state index contributed by atoms with van der Waals surface area (Å²) in [5.41, 5.74) is 7.02. The van der Waals surface area contributed by atoms with Crippen molar-refractivity contribution in [2.75, 3.05) is 0 Å². The van der Waals surface area contributed by atoms with Gasteiger partial charge in [0.15, 0.2) is 0 Å². The van der Waals surface area contributed by atoms with Crippen LogP contribution in [0.15, 0.2) is 29.2 Å². The van der Waals surface area contributed by atoms with E-state index in [2.05, 4.69) is 4.98 Å². The fourth-order valence-electron chi connectivity index (χ4n) is 2.85. The summed E-state index contributed by atoms with van der Waals surface area (Å²) in [6, 6.07) is 4.85. The fraction of sp³-hybridized carbons (Fsp3) is 0.429. The quantitative estimate of drug-likeness (QED) is 0.853. The standard InChI is InChI=1S/C14H16FN3O/c15-9-7-13-12(17-8-9)5-6-14(19)18(13)11-3-1-10(16)2-4-11/h5-8,10-11H,1-4,16H2. The maximum Gasteiger partial charge on any atom is 0.251 e. The van der Waals surface area contributed by atoms with Gasteiger partial charge in [0.25, 0.3) is 5.56 Å². The summed E-state index contributed by atoms with van der Waals surface area (Å²) in [5.74, 6) is -0.417. The van der Waals surface area contributed by atoms with Crippen molar-refractivity contribution < 1.29 is 4.39 Å². The molecule has 0 saturated heterocycles. The van der Waals surface area contributed by atoms with Crippen LogP contribution >= 0.6 is 0 Å². The van der Waals surface area contributed by atoms with Gasteiger partial charge in [-0.25, -0.2) is 4.39 Å². The van der Waals surface area contributed by atoms with Crippen molar-refractivity contribution in [1.82, 2.24) is 9.55 Å². The van der Waals surface area contributed by atoms with Gasteiger partial charge in [0.1, 0.15) is 5.82 Å². The molecule has 0 radical (unpaired) electrons. The van der Waals surface area contributed by atoms with Crippen molar-refractivity contribution in [3.8, 4) is 0 Å². The zero-order valence-corrected chi connectivity index (χ0v) is 10.6. The molecule has 2 aromatic rings. The van der Waals surface area contributed by atoms with Gasteiger partial charge in [-0.2, -0.15) is 0 Å². The maximum absolute atomic E-state index is 13.4. The molecule has 19 heavy (non-hydrogen) atoms. The van der Waals surface area contributed by atoms with E-state index in [0.29, 0.717) is 11.0 Å². The van der Waals surface area contributed by atoms with Gasteiger partial charge in [0.2, 0.25) is 0 Å². The van der Waals surface area contributed by atoms with Crippen molar-refractivity contribution in [2.45, 2.75) is 37.8 Å². The Hall–Kier alpha value is -1.75. The summed E-state index contributed by atoms with van der Waals surface area (Å²) < 4.78 is 15.1. The molecule has 0 atom stereocenters. The number of rotatable bonds is 1. The van der Waals surface area contributed by atoms with E-state index in [4.69, 9.17) is 5.73 Å². The predicted molar refractivity (Wildman–Crippen MR) is 71.4 cm³/mol. The van der Waals surface area contributed by atoms with E-state index in [-0.39, 0.29) is 17.6 Å². The van der Waals surface area contributed by atoms with Crippen LogP contribution in [0.1, 0.15) is 31.7 Å². The molecule has 5 heteroatoms. The van der Waals surface area contributed by atoms with Crippen molar-refractivity contribution in [2.24, 2.45) is 5.73 Å². The molecule has 0 spiro atoms. The van der Waals surface area contributed by atoms with Crippen LogP contribution in [0.2, 0.25) is 0 Å². The first kappa shape index (κ1) is 12.3. The van der Waals surface area contributed by atoms with Crippen LogP contribution < -0.4 is 11.3 Å². The Morgan fingerprint density at radius 1 is 1.26 bits per heavy atom. The monoisotopic (exact) mass is 261 g/mol. The molecule has 0 aromatic carbocycles. The van der Waals surface area contributed by atoms with Crippen molar-refractivity contribution in [1.29, 1.82) is 0 Å². The Labute approximate surface area is 110 Å². The minimum absolute atomic E-state index is 0.0969. The zero-order valence-electron chi connectivity index (χ0n) is 10.6. The molecule has 2 N–H and O–H groups in total. The topological polar surface area (TPSA) is 60.9 Å². The summed E-state index contributed by atoms with van der Waals surface area (Å²) >= 11 is 0. The molecule has 0 aliphatic heterocycles. The molecule has 0 bridgehead atoms. The van der Waals surface area contributed by atoms with Gasteiger partial charge in [-0.15, -0.1) is 0 Å². The molecule has 1 fully saturated rings. The van der Waals surface area contributed by atoms with Crippen LogP contribution in [0, 0.1) is 5.82 Å². The summed E-state index contributed by atoms with van der Waals surface area (Å²) in [7, 11) is 0. The number of nitrogens with zero attached hydrogens (tertiary/aromatic N) is 2. The lowest BCUT2D eigenvalue weighted by atomic mass is 9.91. The van der Waals surface area contributed by atoms with E-state index in [9.17, 15) is 9.18 Å². The zero-order chi connectivity index (χ0) is 13.4. The second-order valence-corrected chi connectivity index (χ2v) is 5.17. The number of aromatic nitrogens is 2. The average molecular weight is 261 g/mol. The second kappa shape index (κ2) is 4.74. The average Bonchev–Trinajstić information content (AvgIpc) is 2.40. The minimum atomic E-state index is -0.417. The molecule has 1 saturated carbocycles. The van der Waals surface area contributed by atoms with Crippen molar-refractivity contribution >= 4 is 11.0 Å². The van der Waals surface area contributed by atoms with Crippen LogP contribution in [-0.2, 0) is 0 Å². The molecule has 2 aromatic heterocycles. The van der Waals surface area contributed by atoms with Crippen LogP contribution in [0.4, 0.5) is 4.39 Å². The van der Waals surface area contributed by atoms with Gasteiger partial charge in [-0.3, -0.25) is 9.78 Å². The normalized spacial score (nSPS) is 23.7. The Morgan fingerprint density at radius 2 is 2.00 bits per heavy atom. The molecular formula is C14H16FN3O. The third-order valence-corrected chi connectivity index (χ3v) is 3.85. The molecule has 4 nitrogen and oxygen atoms in total. The van der Waals surface area contributed by atoms with Crippen LogP contribution in [0.5, 0.6) is 0 Å². The minimum Gasteiger partial charge on any atom is -0.328 e. The van der Waals surface area contributed by atoms with E-state index in [0.717, 1.165) is 25.7 Å². The second-order valence-electron chi connectivity index (χ2n) is 5.17. The number of hydrogen-bond donors (Lipinski definition) is 1. The van der Waals surface area contributed by atoms with Crippen LogP contribution in [0.3, 0.4) is 0 Å². The highest BCUT2D eigenvalue weighted by Gasteiger charge is 2.22. The van der Waals surface area contributed by atoms with Crippen LogP contribution in [-0.4, -0.2) is 15.6 Å². The van der Waals surface area contributed by atoms with Gasteiger partial charge in [0, 0.05) is 24.2 Å². The van der Waals surface area contributed by atoms with Crippen LogP contribution in [0.25, 0.3) is 11.0 Å². The molecule has 0 unspecified atom stereocenters. The summed E-state index contributed by atoms with van der Waals surface area (Å²) in [5, 5.41) is 0. The Morgan fingerprint density at radius 3 is 2.74 bits per heavy atom. The smallest absolute Gasteiger partial charge is 0.251 e. The Bertz CT molecular complexity index is 659. The van der Waals surface area contributed by atoms with E-state index in [1.807, 2.05) is 0 Å². The molecule has 2 heterocycles. The third kappa shape index (κ3) is 2.26. The lowest BCUT2D eigenvalue weighted by Crippen LogP contribution is -2.32. The third-order valence-electron chi connectivity index (χ3n) is 3.85. The highest BCUT2D eigenvalue weighted by molar-refractivity contribution is 5.74. The van der Waals surface area contributed by atoms with E-state index >= 15 is 0 Å². The summed E-state index contributed by atoms with van der Waals surface area (Å²) in [6.07, 6.45) is 4.69. The number of hydrogen-bond acceptors (Lipinski definition) is 3. The molecule has 100 valence electrons. The van der Waals surface area contributed by atoms with Gasteiger partial charge >= 0.3 is 0 Å².